The van der Waals surface area contributed by atoms with Crippen LogP contribution in [-0.4, -0.2) is 41.5 Å². The molecule has 3 aromatic rings. The van der Waals surface area contributed by atoms with Gasteiger partial charge in [0.2, 0.25) is 10.0 Å². The molecule has 1 aliphatic heterocycles. The number of aromatic nitrogens is 2. The molecule has 0 radical (unpaired) electrons. The van der Waals surface area contributed by atoms with Crippen LogP contribution in [0.5, 0.6) is 0 Å². The van der Waals surface area contributed by atoms with Crippen LogP contribution in [0.4, 0.5) is 5.69 Å². The lowest BCUT2D eigenvalue weighted by Crippen LogP contribution is -2.43. The predicted octanol–water partition coefficient (Wildman–Crippen LogP) is 3.19. The first-order valence-electron chi connectivity index (χ1n) is 9.81. The fourth-order valence-electron chi connectivity index (χ4n) is 3.96. The molecule has 4 rings (SSSR count). The SMILES string of the molecule is CS(=O)(=O)N1Cc2ccccc2N(Cc2cnc[nH]2)[C@@H](CCc2ccccc2)C1. The Hall–Kier alpha value is -2.64. The highest BCUT2D eigenvalue weighted by Crippen LogP contribution is 2.31. The molecule has 0 saturated carbocycles. The average molecular weight is 411 g/mol. The van der Waals surface area contributed by atoms with E-state index in [9.17, 15) is 8.42 Å². The predicted molar refractivity (Wildman–Crippen MR) is 115 cm³/mol. The number of aromatic amines is 1. The van der Waals surface area contributed by atoms with E-state index in [4.69, 9.17) is 0 Å². The van der Waals surface area contributed by atoms with Crippen LogP contribution in [0.15, 0.2) is 67.1 Å². The minimum Gasteiger partial charge on any atom is -0.361 e. The zero-order valence-corrected chi connectivity index (χ0v) is 17.3. The number of hydrogen-bond acceptors (Lipinski definition) is 4. The highest BCUT2D eigenvalue weighted by molar-refractivity contribution is 7.88. The van der Waals surface area contributed by atoms with Crippen LogP contribution in [0.1, 0.15) is 23.2 Å². The quantitative estimate of drug-likeness (QED) is 0.678. The molecule has 0 spiro atoms. The highest BCUT2D eigenvalue weighted by Gasteiger charge is 2.31. The number of benzene rings is 2. The largest absolute Gasteiger partial charge is 0.361 e. The van der Waals surface area contributed by atoms with Gasteiger partial charge in [0, 0.05) is 31.0 Å². The van der Waals surface area contributed by atoms with Crippen LogP contribution in [0.2, 0.25) is 0 Å². The van der Waals surface area contributed by atoms with Gasteiger partial charge in [-0.2, -0.15) is 4.31 Å². The van der Waals surface area contributed by atoms with Crippen LogP contribution < -0.4 is 4.90 Å². The maximum absolute atomic E-state index is 12.5. The fraction of sp³-hybridized carbons (Fsp3) is 0.318. The molecule has 1 N–H and O–H groups in total. The lowest BCUT2D eigenvalue weighted by Gasteiger charge is -2.33. The van der Waals surface area contributed by atoms with Crippen molar-refractivity contribution in [1.29, 1.82) is 0 Å². The van der Waals surface area contributed by atoms with Gasteiger partial charge in [-0.15, -0.1) is 0 Å². The molecule has 152 valence electrons. The Bertz CT molecular complexity index is 1040. The first-order valence-corrected chi connectivity index (χ1v) is 11.7. The fourth-order valence-corrected chi connectivity index (χ4v) is 4.77. The van der Waals surface area contributed by atoms with E-state index in [1.807, 2.05) is 42.6 Å². The molecule has 7 heteroatoms. The number of para-hydroxylation sites is 1. The third-order valence-corrected chi connectivity index (χ3v) is 6.69. The Morgan fingerprint density at radius 2 is 1.86 bits per heavy atom. The van der Waals surface area contributed by atoms with E-state index in [1.54, 1.807) is 10.6 Å². The van der Waals surface area contributed by atoms with Crippen molar-refractivity contribution in [2.45, 2.75) is 32.0 Å². The van der Waals surface area contributed by atoms with Crippen molar-refractivity contribution >= 4 is 15.7 Å². The third kappa shape index (κ3) is 4.68. The lowest BCUT2D eigenvalue weighted by molar-refractivity contribution is 0.373. The zero-order valence-electron chi connectivity index (χ0n) is 16.5. The molecule has 0 aliphatic carbocycles. The van der Waals surface area contributed by atoms with E-state index < -0.39 is 10.0 Å². The Kier molecular flexibility index (Phi) is 5.69. The molecule has 0 bridgehead atoms. The maximum atomic E-state index is 12.5. The molecular formula is C22H26N4O2S. The summed E-state index contributed by atoms with van der Waals surface area (Å²) in [7, 11) is -3.31. The van der Waals surface area contributed by atoms with E-state index >= 15 is 0 Å². The Morgan fingerprint density at radius 3 is 2.59 bits per heavy atom. The Labute approximate surface area is 172 Å². The number of rotatable bonds is 6. The van der Waals surface area contributed by atoms with Gasteiger partial charge in [-0.3, -0.25) is 0 Å². The van der Waals surface area contributed by atoms with Gasteiger partial charge in [-0.25, -0.2) is 13.4 Å². The Balaban J connectivity index is 1.70. The first kappa shape index (κ1) is 19.7. The average Bonchev–Trinajstić information content (AvgIpc) is 3.16. The van der Waals surface area contributed by atoms with Crippen molar-refractivity contribution in [2.75, 3.05) is 17.7 Å². The number of fused-ring (bicyclic) bond motifs is 1. The van der Waals surface area contributed by atoms with Gasteiger partial charge in [0.15, 0.2) is 0 Å². The second-order valence-electron chi connectivity index (χ2n) is 7.57. The van der Waals surface area contributed by atoms with Crippen LogP contribution in [0.25, 0.3) is 0 Å². The maximum Gasteiger partial charge on any atom is 0.211 e. The van der Waals surface area contributed by atoms with Crippen LogP contribution in [-0.2, 0) is 29.5 Å². The van der Waals surface area contributed by atoms with Gasteiger partial charge in [-0.05, 0) is 30.0 Å². The van der Waals surface area contributed by atoms with Crippen molar-refractivity contribution in [3.05, 3.63) is 83.9 Å². The molecule has 2 heterocycles. The van der Waals surface area contributed by atoms with E-state index in [0.717, 1.165) is 29.8 Å². The molecule has 29 heavy (non-hydrogen) atoms. The van der Waals surface area contributed by atoms with Crippen molar-refractivity contribution in [3.63, 3.8) is 0 Å². The summed E-state index contributed by atoms with van der Waals surface area (Å²) in [5.74, 6) is 0. The van der Waals surface area contributed by atoms with E-state index in [1.165, 1.54) is 11.8 Å². The number of sulfonamides is 1. The minimum atomic E-state index is -3.31. The van der Waals surface area contributed by atoms with Gasteiger partial charge in [0.05, 0.1) is 24.8 Å². The van der Waals surface area contributed by atoms with Crippen molar-refractivity contribution in [1.82, 2.24) is 14.3 Å². The van der Waals surface area contributed by atoms with Crippen LogP contribution in [0, 0.1) is 0 Å². The molecule has 1 aliphatic rings. The zero-order chi connectivity index (χ0) is 20.3. The molecule has 0 saturated heterocycles. The van der Waals surface area contributed by atoms with Crippen molar-refractivity contribution in [2.24, 2.45) is 0 Å². The summed E-state index contributed by atoms with van der Waals surface area (Å²) in [5, 5.41) is 0. The van der Waals surface area contributed by atoms with Crippen molar-refractivity contribution in [3.8, 4) is 0 Å². The van der Waals surface area contributed by atoms with E-state index in [0.29, 0.717) is 19.6 Å². The second-order valence-corrected chi connectivity index (χ2v) is 9.55. The number of anilines is 1. The van der Waals surface area contributed by atoms with Gasteiger partial charge in [-0.1, -0.05) is 48.5 Å². The summed E-state index contributed by atoms with van der Waals surface area (Å²) in [6.45, 7) is 1.53. The summed E-state index contributed by atoms with van der Waals surface area (Å²) >= 11 is 0. The molecule has 0 amide bonds. The summed E-state index contributed by atoms with van der Waals surface area (Å²) in [5.41, 5.74) is 4.39. The molecular weight excluding hydrogens is 384 g/mol. The number of nitrogens with zero attached hydrogens (tertiary/aromatic N) is 3. The van der Waals surface area contributed by atoms with Gasteiger partial charge in [0.25, 0.3) is 0 Å². The van der Waals surface area contributed by atoms with Crippen LogP contribution >= 0.6 is 0 Å². The van der Waals surface area contributed by atoms with E-state index in [-0.39, 0.29) is 6.04 Å². The molecule has 0 fully saturated rings. The topological polar surface area (TPSA) is 69.3 Å². The van der Waals surface area contributed by atoms with Gasteiger partial charge >= 0.3 is 0 Å². The summed E-state index contributed by atoms with van der Waals surface area (Å²) in [6.07, 6.45) is 6.56. The highest BCUT2D eigenvalue weighted by atomic mass is 32.2. The third-order valence-electron chi connectivity index (χ3n) is 5.48. The summed E-state index contributed by atoms with van der Waals surface area (Å²) in [4.78, 5) is 9.67. The summed E-state index contributed by atoms with van der Waals surface area (Å²) < 4.78 is 26.6. The minimum absolute atomic E-state index is 0.0527. The molecule has 1 atom stereocenters. The van der Waals surface area contributed by atoms with Crippen molar-refractivity contribution < 1.29 is 8.42 Å². The number of hydrogen-bond donors (Lipinski definition) is 1. The molecule has 1 aromatic heterocycles. The summed E-state index contributed by atoms with van der Waals surface area (Å²) in [6, 6.07) is 18.5. The smallest absolute Gasteiger partial charge is 0.211 e. The molecule has 2 aromatic carbocycles. The van der Waals surface area contributed by atoms with E-state index in [2.05, 4.69) is 33.1 Å². The van der Waals surface area contributed by atoms with Gasteiger partial charge < -0.3 is 9.88 Å². The normalized spacial score (nSPS) is 17.7. The van der Waals surface area contributed by atoms with Gasteiger partial charge in [0.1, 0.15) is 0 Å². The second kappa shape index (κ2) is 8.39. The number of nitrogens with one attached hydrogen (secondary N) is 1. The Morgan fingerprint density at radius 1 is 1.10 bits per heavy atom. The standard InChI is InChI=1S/C22H26N4O2S/c1-29(27,28)25-14-19-9-5-6-10-22(19)26(15-20-13-23-17-24-20)21(16-25)12-11-18-7-3-2-4-8-18/h2-10,13,17,21H,11-12,14-16H2,1H3,(H,23,24)/t21-/m0/s1. The number of imidazole rings is 1. The molecule has 6 nitrogen and oxygen atoms in total. The van der Waals surface area contributed by atoms with Crippen LogP contribution in [0.3, 0.4) is 0 Å². The number of H-pyrrole nitrogens is 1. The first-order chi connectivity index (χ1) is 14.0. The molecule has 0 unspecified atom stereocenters. The lowest BCUT2D eigenvalue weighted by atomic mass is 10.0. The number of aryl methyl sites for hydroxylation is 1. The monoisotopic (exact) mass is 410 g/mol.